The standard InChI is InChI=1S/C12H23NO2/c1-9-4-10(2)6-12(5-9,8-13)7-11(14)15-3/h9-10H,4-8,13H2,1-3H3. The van der Waals surface area contributed by atoms with Crippen LogP contribution in [0.3, 0.4) is 0 Å². The molecule has 0 heterocycles. The van der Waals surface area contributed by atoms with Gasteiger partial charge in [-0.2, -0.15) is 0 Å². The maximum absolute atomic E-state index is 11.4. The average Bonchev–Trinajstić information content (AvgIpc) is 2.16. The minimum absolute atomic E-state index is 0.00975. The molecule has 1 aliphatic carbocycles. The van der Waals surface area contributed by atoms with Crippen molar-refractivity contribution in [2.75, 3.05) is 13.7 Å². The molecule has 0 aromatic heterocycles. The third-order valence-corrected chi connectivity index (χ3v) is 3.55. The van der Waals surface area contributed by atoms with Gasteiger partial charge in [0.25, 0.3) is 0 Å². The molecule has 2 N–H and O–H groups in total. The Morgan fingerprint density at radius 2 is 1.93 bits per heavy atom. The van der Waals surface area contributed by atoms with Gasteiger partial charge < -0.3 is 10.5 Å². The third kappa shape index (κ3) is 3.20. The highest BCUT2D eigenvalue weighted by molar-refractivity contribution is 5.70. The summed E-state index contributed by atoms with van der Waals surface area (Å²) in [6.45, 7) is 5.09. The molecular formula is C12H23NO2. The highest BCUT2D eigenvalue weighted by atomic mass is 16.5. The SMILES string of the molecule is COC(=O)CC1(CN)CC(C)CC(C)C1. The first kappa shape index (κ1) is 12.5. The van der Waals surface area contributed by atoms with Gasteiger partial charge in [0, 0.05) is 0 Å². The molecule has 1 aliphatic rings. The second-order valence-corrected chi connectivity index (χ2v) is 5.31. The van der Waals surface area contributed by atoms with Gasteiger partial charge in [0.15, 0.2) is 0 Å². The molecule has 0 aromatic carbocycles. The van der Waals surface area contributed by atoms with E-state index < -0.39 is 0 Å². The van der Waals surface area contributed by atoms with E-state index in [9.17, 15) is 4.79 Å². The average molecular weight is 213 g/mol. The molecule has 3 nitrogen and oxygen atoms in total. The summed E-state index contributed by atoms with van der Waals surface area (Å²) in [7, 11) is 1.45. The van der Waals surface area contributed by atoms with Gasteiger partial charge in [0.1, 0.15) is 0 Å². The molecule has 0 amide bonds. The first-order valence-electron chi connectivity index (χ1n) is 5.78. The molecular weight excluding hydrogens is 190 g/mol. The summed E-state index contributed by atoms with van der Waals surface area (Å²) in [5.74, 6) is 1.21. The smallest absolute Gasteiger partial charge is 0.306 e. The molecule has 0 radical (unpaired) electrons. The van der Waals surface area contributed by atoms with Crippen molar-refractivity contribution in [3.8, 4) is 0 Å². The van der Waals surface area contributed by atoms with Crippen molar-refractivity contribution < 1.29 is 9.53 Å². The molecule has 0 saturated heterocycles. The topological polar surface area (TPSA) is 52.3 Å². The van der Waals surface area contributed by atoms with Gasteiger partial charge in [-0.25, -0.2) is 0 Å². The van der Waals surface area contributed by atoms with Crippen molar-refractivity contribution in [1.29, 1.82) is 0 Å². The van der Waals surface area contributed by atoms with Gasteiger partial charge in [-0.15, -0.1) is 0 Å². The van der Waals surface area contributed by atoms with Crippen LogP contribution in [0.4, 0.5) is 0 Å². The summed E-state index contributed by atoms with van der Waals surface area (Å²) in [6, 6.07) is 0. The molecule has 0 aromatic rings. The van der Waals surface area contributed by atoms with Crippen LogP contribution < -0.4 is 5.73 Å². The van der Waals surface area contributed by atoms with E-state index in [4.69, 9.17) is 10.5 Å². The third-order valence-electron chi connectivity index (χ3n) is 3.55. The van der Waals surface area contributed by atoms with Gasteiger partial charge in [0.05, 0.1) is 13.5 Å². The lowest BCUT2D eigenvalue weighted by molar-refractivity contribution is -0.144. The number of carbonyl (C=O) groups is 1. The summed E-state index contributed by atoms with van der Waals surface area (Å²) >= 11 is 0. The maximum Gasteiger partial charge on any atom is 0.306 e. The van der Waals surface area contributed by atoms with Crippen LogP contribution in [0.5, 0.6) is 0 Å². The Morgan fingerprint density at radius 1 is 1.40 bits per heavy atom. The fourth-order valence-corrected chi connectivity index (χ4v) is 3.18. The van der Waals surface area contributed by atoms with Gasteiger partial charge in [0.2, 0.25) is 0 Å². The second-order valence-electron chi connectivity index (χ2n) is 5.31. The van der Waals surface area contributed by atoms with Gasteiger partial charge >= 0.3 is 5.97 Å². The minimum Gasteiger partial charge on any atom is -0.469 e. The Labute approximate surface area is 92.4 Å². The van der Waals surface area contributed by atoms with Gasteiger partial charge in [-0.3, -0.25) is 4.79 Å². The van der Waals surface area contributed by atoms with Gasteiger partial charge in [-0.05, 0) is 43.1 Å². The van der Waals surface area contributed by atoms with E-state index >= 15 is 0 Å². The van der Waals surface area contributed by atoms with E-state index in [0.717, 1.165) is 12.8 Å². The van der Waals surface area contributed by atoms with Crippen LogP contribution in [0.25, 0.3) is 0 Å². The van der Waals surface area contributed by atoms with E-state index in [0.29, 0.717) is 24.8 Å². The van der Waals surface area contributed by atoms with Crippen LogP contribution in [0.15, 0.2) is 0 Å². The Balaban J connectivity index is 2.69. The highest BCUT2D eigenvalue weighted by Gasteiger charge is 2.38. The number of rotatable bonds is 3. The number of ether oxygens (including phenoxy) is 1. The van der Waals surface area contributed by atoms with Crippen LogP contribution in [-0.2, 0) is 9.53 Å². The molecule has 15 heavy (non-hydrogen) atoms. The number of hydrogen-bond donors (Lipinski definition) is 1. The molecule has 88 valence electrons. The summed E-state index contributed by atoms with van der Waals surface area (Å²) in [5.41, 5.74) is 5.85. The summed E-state index contributed by atoms with van der Waals surface area (Å²) in [6.07, 6.45) is 3.85. The minimum atomic E-state index is -0.123. The van der Waals surface area contributed by atoms with Crippen LogP contribution in [0.1, 0.15) is 39.5 Å². The Bertz CT molecular complexity index is 218. The number of esters is 1. The predicted octanol–water partition coefficient (Wildman–Crippen LogP) is 1.95. The molecule has 1 saturated carbocycles. The van der Waals surface area contributed by atoms with Crippen LogP contribution >= 0.6 is 0 Å². The van der Waals surface area contributed by atoms with E-state index in [-0.39, 0.29) is 11.4 Å². The zero-order chi connectivity index (χ0) is 11.5. The zero-order valence-electron chi connectivity index (χ0n) is 10.1. The fourth-order valence-electron chi connectivity index (χ4n) is 3.18. The monoisotopic (exact) mass is 213 g/mol. The summed E-state index contributed by atoms with van der Waals surface area (Å²) in [5, 5.41) is 0. The Kier molecular flexibility index (Phi) is 4.14. The van der Waals surface area contributed by atoms with E-state index in [2.05, 4.69) is 13.8 Å². The van der Waals surface area contributed by atoms with E-state index in [1.165, 1.54) is 13.5 Å². The first-order valence-corrected chi connectivity index (χ1v) is 5.78. The van der Waals surface area contributed by atoms with Crippen molar-refractivity contribution in [1.82, 2.24) is 0 Å². The van der Waals surface area contributed by atoms with E-state index in [1.807, 2.05) is 0 Å². The Hall–Kier alpha value is -0.570. The van der Waals surface area contributed by atoms with Crippen LogP contribution in [-0.4, -0.2) is 19.6 Å². The van der Waals surface area contributed by atoms with Crippen LogP contribution in [0.2, 0.25) is 0 Å². The molecule has 0 aliphatic heterocycles. The lowest BCUT2D eigenvalue weighted by Gasteiger charge is -2.41. The normalized spacial score (nSPS) is 36.3. The molecule has 2 atom stereocenters. The number of methoxy groups -OCH3 is 1. The highest BCUT2D eigenvalue weighted by Crippen LogP contribution is 2.44. The number of nitrogens with two attached hydrogens (primary N) is 1. The fraction of sp³-hybridized carbons (Fsp3) is 0.917. The molecule has 1 rings (SSSR count). The molecule has 0 bridgehead atoms. The van der Waals surface area contributed by atoms with Gasteiger partial charge in [-0.1, -0.05) is 13.8 Å². The van der Waals surface area contributed by atoms with Crippen molar-refractivity contribution >= 4 is 5.97 Å². The maximum atomic E-state index is 11.4. The van der Waals surface area contributed by atoms with Crippen molar-refractivity contribution in [3.63, 3.8) is 0 Å². The van der Waals surface area contributed by atoms with E-state index in [1.54, 1.807) is 0 Å². The zero-order valence-corrected chi connectivity index (χ0v) is 10.1. The largest absolute Gasteiger partial charge is 0.469 e. The molecule has 1 fully saturated rings. The van der Waals surface area contributed by atoms with Crippen molar-refractivity contribution in [2.24, 2.45) is 23.0 Å². The Morgan fingerprint density at radius 3 is 2.33 bits per heavy atom. The number of carbonyl (C=O) groups excluding carboxylic acids is 1. The quantitative estimate of drug-likeness (QED) is 0.729. The molecule has 0 spiro atoms. The van der Waals surface area contributed by atoms with Crippen molar-refractivity contribution in [3.05, 3.63) is 0 Å². The first-order chi connectivity index (χ1) is 7.01. The summed E-state index contributed by atoms with van der Waals surface area (Å²) < 4.78 is 4.76. The van der Waals surface area contributed by atoms with Crippen molar-refractivity contribution in [2.45, 2.75) is 39.5 Å². The predicted molar refractivity (Wildman–Crippen MR) is 60.3 cm³/mol. The summed E-state index contributed by atoms with van der Waals surface area (Å²) in [4.78, 5) is 11.4. The second kappa shape index (κ2) is 4.97. The molecule has 2 unspecified atom stereocenters. The lowest BCUT2D eigenvalue weighted by atomic mass is 9.65. The van der Waals surface area contributed by atoms with Crippen LogP contribution in [0, 0.1) is 17.3 Å². The number of hydrogen-bond acceptors (Lipinski definition) is 3. The molecule has 3 heteroatoms. The lowest BCUT2D eigenvalue weighted by Crippen LogP contribution is -2.40.